The first-order valence-electron chi connectivity index (χ1n) is 7.95. The highest BCUT2D eigenvalue weighted by Gasteiger charge is 2.30. The van der Waals surface area contributed by atoms with Crippen LogP contribution in [0.25, 0.3) is 0 Å². The van der Waals surface area contributed by atoms with E-state index in [4.69, 9.17) is 4.74 Å². The number of nitrogens with zero attached hydrogens (tertiary/aromatic N) is 1. The Balaban J connectivity index is 1.92. The molecule has 0 N–H and O–H groups in total. The van der Waals surface area contributed by atoms with Crippen LogP contribution in [0.15, 0.2) is 59.5 Å². The van der Waals surface area contributed by atoms with Crippen molar-refractivity contribution in [2.45, 2.75) is 29.7 Å². The predicted molar refractivity (Wildman–Crippen MR) is 91.6 cm³/mol. The summed E-state index contributed by atoms with van der Waals surface area (Å²) < 4.78 is 54.3. The molecule has 25 heavy (non-hydrogen) atoms. The molecule has 2 unspecified atom stereocenters. The van der Waals surface area contributed by atoms with Crippen LogP contribution in [0.2, 0.25) is 0 Å². The van der Waals surface area contributed by atoms with E-state index in [0.717, 1.165) is 11.3 Å². The van der Waals surface area contributed by atoms with Crippen LogP contribution in [0.1, 0.15) is 18.5 Å². The molecule has 2 aromatic rings. The summed E-state index contributed by atoms with van der Waals surface area (Å²) in [5.41, 5.74) is 1.86. The summed E-state index contributed by atoms with van der Waals surface area (Å²) in [6.07, 6.45) is 0.0180. The average molecular weight is 367 g/mol. The predicted octanol–water partition coefficient (Wildman–Crippen LogP) is 3.65. The van der Waals surface area contributed by atoms with Gasteiger partial charge in [-0.1, -0.05) is 30.3 Å². The zero-order valence-corrected chi connectivity index (χ0v) is 14.5. The molecule has 0 amide bonds. The number of morpholine rings is 1. The van der Waals surface area contributed by atoms with Crippen molar-refractivity contribution in [3.8, 4) is 0 Å². The van der Waals surface area contributed by atoms with Crippen molar-refractivity contribution in [2.75, 3.05) is 18.1 Å². The van der Waals surface area contributed by atoms with E-state index in [0.29, 0.717) is 13.2 Å². The molecule has 0 spiro atoms. The number of hydrogen-bond acceptors (Lipinski definition) is 4. The van der Waals surface area contributed by atoms with Gasteiger partial charge in [0.25, 0.3) is 0 Å². The number of benzene rings is 2. The summed E-state index contributed by atoms with van der Waals surface area (Å²) in [6.45, 7) is 3.09. The van der Waals surface area contributed by atoms with Crippen LogP contribution >= 0.6 is 0 Å². The molecule has 1 heterocycles. The van der Waals surface area contributed by atoms with E-state index in [1.807, 2.05) is 37.3 Å². The van der Waals surface area contributed by atoms with E-state index >= 15 is 0 Å². The topological polar surface area (TPSA) is 46.6 Å². The summed E-state index contributed by atoms with van der Waals surface area (Å²) in [6, 6.07) is 15.4. The third-order valence-corrected chi connectivity index (χ3v) is 5.68. The molecule has 2 aromatic carbocycles. The molecule has 1 aliphatic rings. The normalized spacial score (nSPS) is 21.5. The van der Waals surface area contributed by atoms with Crippen molar-refractivity contribution >= 4 is 15.5 Å². The molecule has 3 rings (SSSR count). The Bertz CT molecular complexity index is 810. The van der Waals surface area contributed by atoms with Gasteiger partial charge in [-0.3, -0.25) is 0 Å². The van der Waals surface area contributed by atoms with Crippen LogP contribution in [0.3, 0.4) is 0 Å². The SMILES string of the molecule is CC1CN(c2ccc(S(=O)(=O)C(F)F)cc2)C(c2ccccc2)CO1. The van der Waals surface area contributed by atoms with Crippen LogP contribution in [-0.4, -0.2) is 33.4 Å². The lowest BCUT2D eigenvalue weighted by Crippen LogP contribution is -2.43. The van der Waals surface area contributed by atoms with E-state index in [-0.39, 0.29) is 17.0 Å². The number of ether oxygens (including phenoxy) is 1. The molecular weight excluding hydrogens is 348 g/mol. The van der Waals surface area contributed by atoms with Gasteiger partial charge in [-0.2, -0.15) is 8.78 Å². The monoisotopic (exact) mass is 367 g/mol. The summed E-state index contributed by atoms with van der Waals surface area (Å²) >= 11 is 0. The number of sulfone groups is 1. The second kappa shape index (κ2) is 7.09. The van der Waals surface area contributed by atoms with E-state index in [2.05, 4.69) is 4.90 Å². The number of halogens is 2. The summed E-state index contributed by atoms with van der Waals surface area (Å²) in [5, 5.41) is 0. The molecule has 0 saturated carbocycles. The standard InChI is InChI=1S/C18H19F2NO3S/c1-13-11-21(17(12-24-13)14-5-3-2-4-6-14)15-7-9-16(10-8-15)25(22,23)18(19)20/h2-10,13,17-18H,11-12H2,1H3. The second-order valence-electron chi connectivity index (χ2n) is 6.02. The summed E-state index contributed by atoms with van der Waals surface area (Å²) in [5.74, 6) is -3.42. The maximum atomic E-state index is 12.7. The molecule has 0 radical (unpaired) electrons. The quantitative estimate of drug-likeness (QED) is 0.828. The largest absolute Gasteiger partial charge is 0.374 e. The fourth-order valence-electron chi connectivity index (χ4n) is 2.97. The Morgan fingerprint density at radius 2 is 1.72 bits per heavy atom. The smallest absolute Gasteiger partial charge is 0.341 e. The van der Waals surface area contributed by atoms with Gasteiger partial charge in [0.15, 0.2) is 0 Å². The van der Waals surface area contributed by atoms with E-state index in [1.165, 1.54) is 12.1 Å². The molecule has 1 fully saturated rings. The highest BCUT2D eigenvalue weighted by Crippen LogP contribution is 2.32. The summed E-state index contributed by atoms with van der Waals surface area (Å²) in [7, 11) is -4.58. The minimum absolute atomic E-state index is 0.0180. The first-order chi connectivity index (χ1) is 11.9. The number of rotatable bonds is 4. The number of alkyl halides is 2. The van der Waals surface area contributed by atoms with Crippen LogP contribution in [0, 0.1) is 0 Å². The second-order valence-corrected chi connectivity index (χ2v) is 7.94. The lowest BCUT2D eigenvalue weighted by atomic mass is 10.0. The Morgan fingerprint density at radius 3 is 2.32 bits per heavy atom. The maximum Gasteiger partial charge on any atom is 0.341 e. The molecular formula is C18H19F2NO3S. The molecule has 0 aromatic heterocycles. The van der Waals surface area contributed by atoms with E-state index in [1.54, 1.807) is 12.1 Å². The lowest BCUT2D eigenvalue weighted by molar-refractivity contribution is 0.0303. The highest BCUT2D eigenvalue weighted by molar-refractivity contribution is 7.91. The van der Waals surface area contributed by atoms with Crippen molar-refractivity contribution < 1.29 is 21.9 Å². The van der Waals surface area contributed by atoms with Gasteiger partial charge in [-0.15, -0.1) is 0 Å². The van der Waals surface area contributed by atoms with Gasteiger partial charge < -0.3 is 9.64 Å². The molecule has 4 nitrogen and oxygen atoms in total. The third-order valence-electron chi connectivity index (χ3n) is 4.28. The lowest BCUT2D eigenvalue weighted by Gasteiger charge is -2.40. The number of hydrogen-bond donors (Lipinski definition) is 0. The Hall–Kier alpha value is -1.99. The van der Waals surface area contributed by atoms with Gasteiger partial charge in [0.05, 0.1) is 23.6 Å². The van der Waals surface area contributed by atoms with Crippen LogP contribution in [0.4, 0.5) is 14.5 Å². The van der Waals surface area contributed by atoms with Gasteiger partial charge in [0.1, 0.15) is 0 Å². The van der Waals surface area contributed by atoms with Crippen LogP contribution in [-0.2, 0) is 14.6 Å². The fourth-order valence-corrected chi connectivity index (χ4v) is 3.69. The molecule has 0 aliphatic carbocycles. The Kier molecular flexibility index (Phi) is 5.06. The molecule has 1 aliphatic heterocycles. The zero-order valence-electron chi connectivity index (χ0n) is 13.7. The van der Waals surface area contributed by atoms with Crippen molar-refractivity contribution in [2.24, 2.45) is 0 Å². The van der Waals surface area contributed by atoms with Gasteiger partial charge in [-0.05, 0) is 36.8 Å². The maximum absolute atomic E-state index is 12.7. The van der Waals surface area contributed by atoms with Crippen molar-refractivity contribution in [3.63, 3.8) is 0 Å². The van der Waals surface area contributed by atoms with Crippen molar-refractivity contribution in [3.05, 3.63) is 60.2 Å². The zero-order chi connectivity index (χ0) is 18.0. The molecule has 0 bridgehead atoms. The van der Waals surface area contributed by atoms with Crippen molar-refractivity contribution in [1.82, 2.24) is 0 Å². The third kappa shape index (κ3) is 3.67. The van der Waals surface area contributed by atoms with E-state index < -0.39 is 15.6 Å². The minimum Gasteiger partial charge on any atom is -0.374 e. The Morgan fingerprint density at radius 1 is 1.08 bits per heavy atom. The molecule has 134 valence electrons. The fraction of sp³-hybridized carbons (Fsp3) is 0.333. The number of anilines is 1. The van der Waals surface area contributed by atoms with Gasteiger partial charge in [0, 0.05) is 12.2 Å². The van der Waals surface area contributed by atoms with Crippen LogP contribution < -0.4 is 4.90 Å². The van der Waals surface area contributed by atoms with Crippen molar-refractivity contribution in [1.29, 1.82) is 0 Å². The Labute approximate surface area is 146 Å². The van der Waals surface area contributed by atoms with Gasteiger partial charge in [0.2, 0.25) is 9.84 Å². The first-order valence-corrected chi connectivity index (χ1v) is 9.49. The van der Waals surface area contributed by atoms with Gasteiger partial charge >= 0.3 is 5.76 Å². The molecule has 7 heteroatoms. The van der Waals surface area contributed by atoms with Gasteiger partial charge in [-0.25, -0.2) is 8.42 Å². The molecule has 1 saturated heterocycles. The highest BCUT2D eigenvalue weighted by atomic mass is 32.2. The molecule has 2 atom stereocenters. The minimum atomic E-state index is -4.58. The van der Waals surface area contributed by atoms with Crippen LogP contribution in [0.5, 0.6) is 0 Å². The first kappa shape index (κ1) is 17.8. The average Bonchev–Trinajstić information content (AvgIpc) is 2.62. The summed E-state index contributed by atoms with van der Waals surface area (Å²) in [4.78, 5) is 1.74. The van der Waals surface area contributed by atoms with E-state index in [9.17, 15) is 17.2 Å².